The summed E-state index contributed by atoms with van der Waals surface area (Å²) < 4.78 is 45.4. The van der Waals surface area contributed by atoms with Crippen LogP contribution in [0.25, 0.3) is 33.1 Å². The second kappa shape index (κ2) is 5.48. The summed E-state index contributed by atoms with van der Waals surface area (Å²) >= 11 is 0. The SMILES string of the molecule is O=c1cc(-c2ccccc2C(F)(F)F)oc2ccc3ccccc3c12. The molecule has 0 N–H and O–H groups in total. The van der Waals surface area contributed by atoms with Gasteiger partial charge in [-0.05, 0) is 22.9 Å². The zero-order valence-corrected chi connectivity index (χ0v) is 12.8. The summed E-state index contributed by atoms with van der Waals surface area (Å²) in [5.74, 6) is -0.0966. The van der Waals surface area contributed by atoms with Gasteiger partial charge in [0.15, 0.2) is 5.43 Å². The average molecular weight is 340 g/mol. The molecule has 0 saturated heterocycles. The van der Waals surface area contributed by atoms with Gasteiger partial charge >= 0.3 is 6.18 Å². The van der Waals surface area contributed by atoms with Crippen molar-refractivity contribution >= 4 is 21.7 Å². The van der Waals surface area contributed by atoms with E-state index in [1.807, 2.05) is 12.1 Å². The normalized spacial score (nSPS) is 12.0. The number of alkyl halides is 3. The van der Waals surface area contributed by atoms with Crippen molar-refractivity contribution in [1.82, 2.24) is 0 Å². The molecule has 124 valence electrons. The zero-order valence-electron chi connectivity index (χ0n) is 12.8. The highest BCUT2D eigenvalue weighted by Gasteiger charge is 2.34. The first-order valence-corrected chi connectivity index (χ1v) is 7.57. The predicted molar refractivity (Wildman–Crippen MR) is 90.4 cm³/mol. The molecule has 2 nitrogen and oxygen atoms in total. The average Bonchev–Trinajstić information content (AvgIpc) is 2.60. The molecule has 1 aromatic heterocycles. The van der Waals surface area contributed by atoms with Gasteiger partial charge in [0.05, 0.1) is 10.9 Å². The van der Waals surface area contributed by atoms with Crippen molar-refractivity contribution in [2.75, 3.05) is 0 Å². The fraction of sp³-hybridized carbons (Fsp3) is 0.0500. The van der Waals surface area contributed by atoms with Gasteiger partial charge in [-0.25, -0.2) is 0 Å². The second-order valence-electron chi connectivity index (χ2n) is 5.68. The van der Waals surface area contributed by atoms with Crippen LogP contribution in [-0.2, 0) is 6.18 Å². The minimum Gasteiger partial charge on any atom is -0.456 e. The third kappa shape index (κ3) is 2.58. The Bertz CT molecular complexity index is 1160. The van der Waals surface area contributed by atoms with Gasteiger partial charge in [-0.2, -0.15) is 13.2 Å². The summed E-state index contributed by atoms with van der Waals surface area (Å²) in [6, 6.07) is 16.9. The van der Waals surface area contributed by atoms with E-state index in [0.29, 0.717) is 10.8 Å². The second-order valence-corrected chi connectivity index (χ2v) is 5.68. The molecular formula is C20H11F3O2. The van der Waals surface area contributed by atoms with E-state index >= 15 is 0 Å². The maximum atomic E-state index is 13.2. The largest absolute Gasteiger partial charge is 0.456 e. The van der Waals surface area contributed by atoms with Gasteiger partial charge < -0.3 is 4.42 Å². The Morgan fingerprint density at radius 3 is 2.36 bits per heavy atom. The number of halogens is 3. The van der Waals surface area contributed by atoms with Crippen molar-refractivity contribution in [2.45, 2.75) is 6.18 Å². The van der Waals surface area contributed by atoms with Crippen molar-refractivity contribution in [2.24, 2.45) is 0 Å². The van der Waals surface area contributed by atoms with Crippen LogP contribution >= 0.6 is 0 Å². The molecule has 0 radical (unpaired) electrons. The summed E-state index contributed by atoms with van der Waals surface area (Å²) in [5, 5.41) is 1.95. The Labute approximate surface area is 140 Å². The van der Waals surface area contributed by atoms with Crippen LogP contribution in [0.3, 0.4) is 0 Å². The molecule has 0 aliphatic carbocycles. The van der Waals surface area contributed by atoms with Crippen LogP contribution in [0.5, 0.6) is 0 Å². The van der Waals surface area contributed by atoms with E-state index in [9.17, 15) is 18.0 Å². The molecule has 0 atom stereocenters. The van der Waals surface area contributed by atoms with Gasteiger partial charge in [-0.15, -0.1) is 0 Å². The van der Waals surface area contributed by atoms with E-state index < -0.39 is 11.7 Å². The van der Waals surface area contributed by atoms with Crippen LogP contribution in [0.2, 0.25) is 0 Å². The third-order valence-corrected chi connectivity index (χ3v) is 4.12. The van der Waals surface area contributed by atoms with Crippen molar-refractivity contribution in [3.63, 3.8) is 0 Å². The number of hydrogen-bond acceptors (Lipinski definition) is 2. The smallest absolute Gasteiger partial charge is 0.417 e. The molecule has 25 heavy (non-hydrogen) atoms. The number of rotatable bonds is 1. The van der Waals surface area contributed by atoms with E-state index in [0.717, 1.165) is 17.5 Å². The molecule has 0 fully saturated rings. The maximum Gasteiger partial charge on any atom is 0.417 e. The van der Waals surface area contributed by atoms with Crippen LogP contribution in [0.1, 0.15) is 5.56 Å². The highest BCUT2D eigenvalue weighted by Crippen LogP contribution is 2.37. The van der Waals surface area contributed by atoms with Gasteiger partial charge in [0, 0.05) is 11.6 Å². The fourth-order valence-corrected chi connectivity index (χ4v) is 3.01. The van der Waals surface area contributed by atoms with Gasteiger partial charge in [0.25, 0.3) is 0 Å². The Morgan fingerprint density at radius 2 is 1.56 bits per heavy atom. The van der Waals surface area contributed by atoms with Crippen molar-refractivity contribution < 1.29 is 17.6 Å². The molecule has 0 spiro atoms. The molecule has 0 amide bonds. The summed E-state index contributed by atoms with van der Waals surface area (Å²) in [6.07, 6.45) is -4.53. The first kappa shape index (κ1) is 15.4. The Hall–Kier alpha value is -3.08. The number of fused-ring (bicyclic) bond motifs is 3. The van der Waals surface area contributed by atoms with Crippen molar-refractivity contribution in [3.05, 3.63) is 82.5 Å². The quantitative estimate of drug-likeness (QED) is 0.420. The minimum absolute atomic E-state index is 0.0966. The molecule has 0 aliphatic rings. The molecule has 4 rings (SSSR count). The molecule has 0 unspecified atom stereocenters. The molecule has 3 aromatic carbocycles. The molecule has 1 heterocycles. The highest BCUT2D eigenvalue weighted by atomic mass is 19.4. The third-order valence-electron chi connectivity index (χ3n) is 4.12. The standard InChI is InChI=1S/C20H11F3O2/c21-20(22,23)15-8-4-3-7-14(15)18-11-16(24)19-13-6-2-1-5-12(13)9-10-17(19)25-18/h1-11H. The molecule has 5 heteroatoms. The monoisotopic (exact) mass is 340 g/mol. The molecular weight excluding hydrogens is 329 g/mol. The van der Waals surface area contributed by atoms with Crippen LogP contribution in [-0.4, -0.2) is 0 Å². The Kier molecular flexibility index (Phi) is 3.39. The molecule has 0 saturated carbocycles. The van der Waals surface area contributed by atoms with Crippen LogP contribution in [0.4, 0.5) is 13.2 Å². The fourth-order valence-electron chi connectivity index (χ4n) is 3.01. The van der Waals surface area contributed by atoms with Crippen molar-refractivity contribution in [3.8, 4) is 11.3 Å². The first-order valence-electron chi connectivity index (χ1n) is 7.57. The van der Waals surface area contributed by atoms with Gasteiger partial charge in [-0.1, -0.05) is 48.5 Å². The lowest BCUT2D eigenvalue weighted by atomic mass is 10.0. The lowest BCUT2D eigenvalue weighted by Crippen LogP contribution is -2.08. The van der Waals surface area contributed by atoms with Crippen LogP contribution < -0.4 is 5.43 Å². The summed E-state index contributed by atoms with van der Waals surface area (Å²) in [6.45, 7) is 0. The Morgan fingerprint density at radius 1 is 0.840 bits per heavy atom. The molecule has 0 bridgehead atoms. The van der Waals surface area contributed by atoms with Gasteiger partial charge in [0.1, 0.15) is 11.3 Å². The van der Waals surface area contributed by atoms with E-state index in [1.165, 1.54) is 18.2 Å². The predicted octanol–water partition coefficient (Wildman–Crippen LogP) is 5.63. The maximum absolute atomic E-state index is 13.2. The zero-order chi connectivity index (χ0) is 17.6. The summed E-state index contributed by atoms with van der Waals surface area (Å²) in [5.41, 5.74) is -1.09. The lowest BCUT2D eigenvalue weighted by Gasteiger charge is -2.12. The van der Waals surface area contributed by atoms with E-state index in [-0.39, 0.29) is 22.3 Å². The summed E-state index contributed by atoms with van der Waals surface area (Å²) in [4.78, 5) is 12.6. The molecule has 0 aliphatic heterocycles. The summed E-state index contributed by atoms with van der Waals surface area (Å²) in [7, 11) is 0. The molecule has 4 aromatic rings. The van der Waals surface area contributed by atoms with Gasteiger partial charge in [0.2, 0.25) is 0 Å². The minimum atomic E-state index is -4.53. The van der Waals surface area contributed by atoms with E-state index in [1.54, 1.807) is 24.3 Å². The van der Waals surface area contributed by atoms with Gasteiger partial charge in [-0.3, -0.25) is 4.79 Å². The number of hydrogen-bond donors (Lipinski definition) is 0. The van der Waals surface area contributed by atoms with E-state index in [2.05, 4.69) is 0 Å². The number of benzene rings is 3. The topological polar surface area (TPSA) is 30.2 Å². The van der Waals surface area contributed by atoms with Crippen LogP contribution in [0.15, 0.2) is 75.9 Å². The van der Waals surface area contributed by atoms with Crippen LogP contribution in [0, 0.1) is 0 Å². The highest BCUT2D eigenvalue weighted by molar-refractivity contribution is 6.05. The van der Waals surface area contributed by atoms with Crippen molar-refractivity contribution in [1.29, 1.82) is 0 Å². The first-order chi connectivity index (χ1) is 11.9. The van der Waals surface area contributed by atoms with E-state index in [4.69, 9.17) is 4.42 Å². The Balaban J connectivity index is 2.04. The lowest BCUT2D eigenvalue weighted by molar-refractivity contribution is -0.137.